The average molecular weight is 402 g/mol. The lowest BCUT2D eigenvalue weighted by molar-refractivity contribution is 0.0953. The second kappa shape index (κ2) is 7.67. The van der Waals surface area contributed by atoms with Gasteiger partial charge in [0.05, 0.1) is 17.3 Å². The first kappa shape index (κ1) is 19.1. The van der Waals surface area contributed by atoms with E-state index in [2.05, 4.69) is 15.5 Å². The van der Waals surface area contributed by atoms with Gasteiger partial charge in [0.15, 0.2) is 0 Å². The van der Waals surface area contributed by atoms with Crippen LogP contribution in [0.3, 0.4) is 0 Å². The fraction of sp³-hybridized carbons (Fsp3) is 0.0909. The van der Waals surface area contributed by atoms with Crippen molar-refractivity contribution in [1.82, 2.24) is 15.0 Å². The van der Waals surface area contributed by atoms with Gasteiger partial charge in [0.1, 0.15) is 17.3 Å². The molecule has 0 aliphatic rings. The highest BCUT2D eigenvalue weighted by Gasteiger charge is 2.17. The molecule has 0 bridgehead atoms. The highest BCUT2D eigenvalue weighted by atomic mass is 16.3. The average Bonchev–Trinajstić information content (AvgIpc) is 3.09. The number of benzene rings is 1. The third kappa shape index (κ3) is 3.35. The van der Waals surface area contributed by atoms with Crippen LogP contribution in [0.2, 0.25) is 0 Å². The summed E-state index contributed by atoms with van der Waals surface area (Å²) in [6.07, 6.45) is 2.83. The van der Waals surface area contributed by atoms with Crippen molar-refractivity contribution in [3.63, 3.8) is 0 Å². The van der Waals surface area contributed by atoms with Crippen LogP contribution >= 0.6 is 0 Å². The number of fused-ring (bicyclic) bond motifs is 1. The number of aromatic nitrogens is 2. The summed E-state index contributed by atoms with van der Waals surface area (Å²) in [5, 5.41) is 15.7. The van der Waals surface area contributed by atoms with E-state index in [9.17, 15) is 14.7 Å². The van der Waals surface area contributed by atoms with Crippen LogP contribution < -0.4 is 11.0 Å². The highest BCUT2D eigenvalue weighted by molar-refractivity contribution is 6.02. The zero-order chi connectivity index (χ0) is 21.3. The molecule has 30 heavy (non-hydrogen) atoms. The van der Waals surface area contributed by atoms with Gasteiger partial charge < -0.3 is 9.52 Å². The van der Waals surface area contributed by atoms with Crippen molar-refractivity contribution in [2.45, 2.75) is 13.8 Å². The molecule has 0 aliphatic heterocycles. The van der Waals surface area contributed by atoms with Gasteiger partial charge >= 0.3 is 0 Å². The molecule has 8 heteroatoms. The van der Waals surface area contributed by atoms with E-state index in [0.29, 0.717) is 27.9 Å². The fourth-order valence-corrected chi connectivity index (χ4v) is 3.26. The number of amides is 1. The Balaban J connectivity index is 1.78. The number of aryl methyl sites for hydroxylation is 2. The molecule has 8 nitrogen and oxygen atoms in total. The van der Waals surface area contributed by atoms with Crippen LogP contribution in [0.5, 0.6) is 5.88 Å². The molecule has 0 radical (unpaired) electrons. The van der Waals surface area contributed by atoms with Gasteiger partial charge in [-0.3, -0.25) is 9.59 Å². The summed E-state index contributed by atoms with van der Waals surface area (Å²) < 4.78 is 6.46. The number of nitrogens with one attached hydrogen (secondary N) is 1. The van der Waals surface area contributed by atoms with E-state index in [1.165, 1.54) is 12.4 Å². The minimum Gasteiger partial charge on any atom is -0.494 e. The number of aromatic hydroxyl groups is 1. The topological polar surface area (TPSA) is 110 Å². The van der Waals surface area contributed by atoms with E-state index >= 15 is 0 Å². The number of hydrogen-bond donors (Lipinski definition) is 2. The van der Waals surface area contributed by atoms with Crippen LogP contribution in [0, 0.1) is 13.8 Å². The summed E-state index contributed by atoms with van der Waals surface area (Å²) in [4.78, 5) is 29.5. The Hall–Kier alpha value is -4.20. The van der Waals surface area contributed by atoms with Crippen molar-refractivity contribution < 1.29 is 14.3 Å². The summed E-state index contributed by atoms with van der Waals surface area (Å²) in [5.74, 6) is 0.604. The first-order chi connectivity index (χ1) is 14.5. The monoisotopic (exact) mass is 402 g/mol. The van der Waals surface area contributed by atoms with Gasteiger partial charge in [-0.2, -0.15) is 5.10 Å². The van der Waals surface area contributed by atoms with Crippen LogP contribution in [-0.4, -0.2) is 26.8 Å². The van der Waals surface area contributed by atoms with Crippen molar-refractivity contribution in [1.29, 1.82) is 0 Å². The summed E-state index contributed by atoms with van der Waals surface area (Å²) in [6, 6.07) is 13.5. The molecule has 0 aliphatic carbocycles. The molecule has 3 heterocycles. The largest absolute Gasteiger partial charge is 0.494 e. The molecule has 0 fully saturated rings. The van der Waals surface area contributed by atoms with E-state index < -0.39 is 11.5 Å². The van der Waals surface area contributed by atoms with Crippen LogP contribution in [0.1, 0.15) is 27.4 Å². The zero-order valence-corrected chi connectivity index (χ0v) is 16.3. The van der Waals surface area contributed by atoms with Crippen molar-refractivity contribution in [2.75, 3.05) is 0 Å². The maximum atomic E-state index is 12.9. The van der Waals surface area contributed by atoms with Gasteiger partial charge in [0.25, 0.3) is 11.5 Å². The molecule has 2 N–H and O–H groups in total. The molecular formula is C22H18N4O4. The molecule has 3 aromatic heterocycles. The Labute approximate surface area is 171 Å². The lowest BCUT2D eigenvalue weighted by Crippen LogP contribution is -2.21. The number of carbonyl (C=O) groups excluding carboxylic acids is 1. The Bertz CT molecular complexity index is 1340. The molecule has 4 aromatic rings. The number of hydrogen-bond acceptors (Lipinski definition) is 6. The van der Waals surface area contributed by atoms with Gasteiger partial charge in [-0.15, -0.1) is 0 Å². The quantitative estimate of drug-likeness (QED) is 0.403. The standard InChI is InChI=1S/C22H18N4O4/c1-13-11-17(14(2)30-13)20(27)25-24-12-18-15-7-3-4-8-16(15)21(28)26(22(18)29)19-9-5-6-10-23-19/h3-12,29H,1-2H3,(H,25,27)/b24-12+. The SMILES string of the molecule is Cc1cc(C(=O)N/N=C/c2c(O)n(-c3ccccn3)c(=O)c3ccccc23)c(C)o1. The van der Waals surface area contributed by atoms with Crippen molar-refractivity contribution in [2.24, 2.45) is 5.10 Å². The number of carbonyl (C=O) groups is 1. The maximum Gasteiger partial charge on any atom is 0.274 e. The third-order valence-electron chi connectivity index (χ3n) is 4.63. The lowest BCUT2D eigenvalue weighted by atomic mass is 10.1. The van der Waals surface area contributed by atoms with Gasteiger partial charge in [-0.1, -0.05) is 24.3 Å². The predicted octanol–water partition coefficient (Wildman–Crippen LogP) is 3.07. The molecule has 0 saturated heterocycles. The molecule has 1 aromatic carbocycles. The second-order valence-corrected chi connectivity index (χ2v) is 6.64. The second-order valence-electron chi connectivity index (χ2n) is 6.64. The molecule has 4 rings (SSSR count). The molecule has 0 spiro atoms. The number of rotatable bonds is 4. The van der Waals surface area contributed by atoms with Crippen molar-refractivity contribution >= 4 is 22.9 Å². The Kier molecular flexibility index (Phi) is 4.89. The lowest BCUT2D eigenvalue weighted by Gasteiger charge is -2.12. The van der Waals surface area contributed by atoms with E-state index in [4.69, 9.17) is 4.42 Å². The van der Waals surface area contributed by atoms with Gasteiger partial charge in [-0.25, -0.2) is 15.0 Å². The Morgan fingerprint density at radius 3 is 2.57 bits per heavy atom. The van der Waals surface area contributed by atoms with Crippen LogP contribution in [-0.2, 0) is 0 Å². The zero-order valence-electron chi connectivity index (χ0n) is 16.3. The van der Waals surface area contributed by atoms with Crippen LogP contribution in [0.4, 0.5) is 0 Å². The number of furan rings is 1. The smallest absolute Gasteiger partial charge is 0.274 e. The Morgan fingerprint density at radius 2 is 1.90 bits per heavy atom. The van der Waals surface area contributed by atoms with Crippen molar-refractivity contribution in [3.05, 3.63) is 87.7 Å². The van der Waals surface area contributed by atoms with E-state index in [1.54, 1.807) is 62.4 Å². The summed E-state index contributed by atoms with van der Waals surface area (Å²) in [6.45, 7) is 3.44. The van der Waals surface area contributed by atoms with Crippen molar-refractivity contribution in [3.8, 4) is 11.7 Å². The van der Waals surface area contributed by atoms with E-state index in [-0.39, 0.29) is 17.3 Å². The van der Waals surface area contributed by atoms with E-state index in [1.807, 2.05) is 0 Å². The maximum absolute atomic E-state index is 12.9. The Morgan fingerprint density at radius 1 is 1.17 bits per heavy atom. The molecule has 0 atom stereocenters. The summed E-state index contributed by atoms with van der Waals surface area (Å²) in [5.41, 5.74) is 2.66. The first-order valence-corrected chi connectivity index (χ1v) is 9.16. The van der Waals surface area contributed by atoms with Crippen LogP contribution in [0.15, 0.2) is 69.0 Å². The van der Waals surface area contributed by atoms with Gasteiger partial charge in [0.2, 0.25) is 5.88 Å². The highest BCUT2D eigenvalue weighted by Crippen LogP contribution is 2.25. The van der Waals surface area contributed by atoms with Crippen LogP contribution in [0.25, 0.3) is 16.6 Å². The molecule has 1 amide bonds. The van der Waals surface area contributed by atoms with E-state index in [0.717, 1.165) is 4.57 Å². The fourth-order valence-electron chi connectivity index (χ4n) is 3.26. The molecule has 0 saturated carbocycles. The summed E-state index contributed by atoms with van der Waals surface area (Å²) >= 11 is 0. The summed E-state index contributed by atoms with van der Waals surface area (Å²) in [7, 11) is 0. The van der Waals surface area contributed by atoms with Gasteiger partial charge in [-0.05, 0) is 38.1 Å². The number of hydrazone groups is 1. The predicted molar refractivity (Wildman–Crippen MR) is 112 cm³/mol. The third-order valence-corrected chi connectivity index (χ3v) is 4.63. The number of nitrogens with zero attached hydrogens (tertiary/aromatic N) is 3. The minimum absolute atomic E-state index is 0.272. The normalized spacial score (nSPS) is 11.3. The molecule has 150 valence electrons. The first-order valence-electron chi connectivity index (χ1n) is 9.16. The molecule has 0 unspecified atom stereocenters. The molecular weight excluding hydrogens is 384 g/mol. The van der Waals surface area contributed by atoms with Gasteiger partial charge in [0, 0.05) is 17.0 Å². The number of pyridine rings is 2. The minimum atomic E-state index is -0.442.